The number of hydrogen-bond donors (Lipinski definition) is 2. The third kappa shape index (κ3) is 7.73. The van der Waals surface area contributed by atoms with Crippen LogP contribution in [0.25, 0.3) is 0 Å². The number of ether oxygens (including phenoxy) is 2. The second-order valence-corrected chi connectivity index (χ2v) is 8.49. The normalized spacial score (nSPS) is 18.5. The van der Waals surface area contributed by atoms with Gasteiger partial charge in [0, 0.05) is 19.6 Å². The molecular weight excluding hydrogens is 481 g/mol. The molecule has 1 aromatic rings. The van der Waals surface area contributed by atoms with E-state index in [-0.39, 0.29) is 41.5 Å². The Morgan fingerprint density at radius 2 is 2.11 bits per heavy atom. The van der Waals surface area contributed by atoms with Crippen molar-refractivity contribution in [2.24, 2.45) is 4.99 Å². The average Bonchev–Trinajstić information content (AvgIpc) is 2.96. The van der Waals surface area contributed by atoms with Gasteiger partial charge in [-0.25, -0.2) is 8.42 Å². The molecule has 0 bridgehead atoms. The van der Waals surface area contributed by atoms with E-state index in [1.54, 1.807) is 14.2 Å². The number of nitrogens with one attached hydrogen (secondary N) is 2. The number of aryl methyl sites for hydroxylation is 1. The Morgan fingerprint density at radius 1 is 1.33 bits per heavy atom. The molecule has 0 saturated carbocycles. The molecule has 1 unspecified atom stereocenters. The third-order valence-electron chi connectivity index (χ3n) is 4.26. The van der Waals surface area contributed by atoms with E-state index in [0.717, 1.165) is 30.9 Å². The van der Waals surface area contributed by atoms with Crippen LogP contribution in [0.15, 0.2) is 23.2 Å². The van der Waals surface area contributed by atoms with Crippen LogP contribution in [0.1, 0.15) is 25.3 Å². The zero-order valence-electron chi connectivity index (χ0n) is 16.2. The van der Waals surface area contributed by atoms with Gasteiger partial charge < -0.3 is 20.1 Å². The molecule has 7 nitrogen and oxygen atoms in total. The highest BCUT2D eigenvalue weighted by Crippen LogP contribution is 2.28. The van der Waals surface area contributed by atoms with Gasteiger partial charge in [-0.15, -0.1) is 24.0 Å². The summed E-state index contributed by atoms with van der Waals surface area (Å²) in [5.41, 5.74) is 1.18. The maximum atomic E-state index is 11.5. The van der Waals surface area contributed by atoms with Crippen molar-refractivity contribution in [1.82, 2.24) is 10.6 Å². The van der Waals surface area contributed by atoms with Crippen LogP contribution in [0, 0.1) is 0 Å². The fraction of sp³-hybridized carbons (Fsp3) is 0.611. The summed E-state index contributed by atoms with van der Waals surface area (Å²) >= 11 is 0. The van der Waals surface area contributed by atoms with E-state index in [1.807, 2.05) is 25.1 Å². The van der Waals surface area contributed by atoms with Gasteiger partial charge in [-0.2, -0.15) is 0 Å². The summed E-state index contributed by atoms with van der Waals surface area (Å²) in [6.07, 6.45) is 2.45. The molecule has 9 heteroatoms. The van der Waals surface area contributed by atoms with Crippen molar-refractivity contribution >= 4 is 39.8 Å². The first-order valence-electron chi connectivity index (χ1n) is 8.94. The van der Waals surface area contributed by atoms with Crippen LogP contribution >= 0.6 is 24.0 Å². The third-order valence-corrected chi connectivity index (χ3v) is 6.03. The Morgan fingerprint density at radius 3 is 2.70 bits per heavy atom. The Labute approximate surface area is 179 Å². The summed E-state index contributed by atoms with van der Waals surface area (Å²) in [7, 11) is 0.433. The highest BCUT2D eigenvalue weighted by atomic mass is 127. The molecule has 27 heavy (non-hydrogen) atoms. The van der Waals surface area contributed by atoms with Gasteiger partial charge in [0.15, 0.2) is 27.3 Å². The van der Waals surface area contributed by atoms with Gasteiger partial charge in [-0.05, 0) is 43.9 Å². The maximum Gasteiger partial charge on any atom is 0.191 e. The standard InChI is InChI=1S/C18H29N3O4S.HI/c1-4-25-17-12-14(7-8-16(17)24-3)6-5-10-20-18(19-2)21-15-9-11-26(22,23)13-15;/h7-8,12,15H,4-6,9-11,13H2,1-3H3,(H2,19,20,21);1H. The SMILES string of the molecule is CCOc1cc(CCCNC(=NC)NC2CCS(=O)(=O)C2)ccc1OC.I. The van der Waals surface area contributed by atoms with Crippen molar-refractivity contribution in [1.29, 1.82) is 0 Å². The van der Waals surface area contributed by atoms with Gasteiger partial charge in [0.05, 0.1) is 25.2 Å². The van der Waals surface area contributed by atoms with Crippen molar-refractivity contribution < 1.29 is 17.9 Å². The molecule has 0 radical (unpaired) electrons. The van der Waals surface area contributed by atoms with E-state index in [4.69, 9.17) is 9.47 Å². The van der Waals surface area contributed by atoms with Gasteiger partial charge in [0.2, 0.25) is 0 Å². The lowest BCUT2D eigenvalue weighted by atomic mass is 10.1. The van der Waals surface area contributed by atoms with Gasteiger partial charge in [-0.1, -0.05) is 6.07 Å². The minimum Gasteiger partial charge on any atom is -0.493 e. The number of benzene rings is 1. The van der Waals surface area contributed by atoms with E-state index in [2.05, 4.69) is 15.6 Å². The van der Waals surface area contributed by atoms with E-state index in [9.17, 15) is 8.42 Å². The smallest absolute Gasteiger partial charge is 0.191 e. The molecule has 1 aliphatic rings. The Kier molecular flexibility index (Phi) is 10.2. The summed E-state index contributed by atoms with van der Waals surface area (Å²) in [5, 5.41) is 6.43. The molecule has 1 aliphatic heterocycles. The topological polar surface area (TPSA) is 89.0 Å². The summed E-state index contributed by atoms with van der Waals surface area (Å²) in [6.45, 7) is 3.29. The van der Waals surface area contributed by atoms with Crippen molar-refractivity contribution in [3.63, 3.8) is 0 Å². The largest absolute Gasteiger partial charge is 0.493 e. The predicted molar refractivity (Wildman–Crippen MR) is 119 cm³/mol. The Bertz CT molecular complexity index is 725. The molecule has 2 rings (SSSR count). The number of guanidine groups is 1. The molecule has 0 spiro atoms. The second-order valence-electron chi connectivity index (χ2n) is 6.27. The summed E-state index contributed by atoms with van der Waals surface area (Å²) in [5.74, 6) is 2.59. The fourth-order valence-corrected chi connectivity index (χ4v) is 4.61. The first-order chi connectivity index (χ1) is 12.5. The lowest BCUT2D eigenvalue weighted by Crippen LogP contribution is -2.44. The van der Waals surface area contributed by atoms with Crippen molar-refractivity contribution in [2.75, 3.05) is 38.8 Å². The molecular formula is C18H30IN3O4S. The summed E-state index contributed by atoms with van der Waals surface area (Å²) in [6, 6.07) is 5.92. The van der Waals surface area contributed by atoms with Gasteiger partial charge in [-0.3, -0.25) is 4.99 Å². The number of halogens is 1. The van der Waals surface area contributed by atoms with Crippen LogP contribution in [0.5, 0.6) is 11.5 Å². The number of sulfone groups is 1. The highest BCUT2D eigenvalue weighted by Gasteiger charge is 2.28. The predicted octanol–water partition coefficient (Wildman–Crippen LogP) is 2.00. The highest BCUT2D eigenvalue weighted by molar-refractivity contribution is 14.0. The number of nitrogens with zero attached hydrogens (tertiary/aromatic N) is 1. The Hall–Kier alpha value is -1.23. The molecule has 2 N–H and O–H groups in total. The molecule has 1 fully saturated rings. The monoisotopic (exact) mass is 511 g/mol. The minimum atomic E-state index is -2.89. The van der Waals surface area contributed by atoms with E-state index < -0.39 is 9.84 Å². The van der Waals surface area contributed by atoms with Crippen LogP contribution < -0.4 is 20.1 Å². The Balaban J connectivity index is 0.00000364. The molecule has 1 atom stereocenters. The van der Waals surface area contributed by atoms with Crippen molar-refractivity contribution in [3.05, 3.63) is 23.8 Å². The number of hydrogen-bond acceptors (Lipinski definition) is 5. The first kappa shape index (κ1) is 23.8. The van der Waals surface area contributed by atoms with E-state index in [1.165, 1.54) is 5.56 Å². The molecule has 0 aromatic heterocycles. The summed E-state index contributed by atoms with van der Waals surface area (Å²) < 4.78 is 34.0. The quantitative estimate of drug-likeness (QED) is 0.240. The van der Waals surface area contributed by atoms with Gasteiger partial charge in [0.1, 0.15) is 0 Å². The average molecular weight is 511 g/mol. The van der Waals surface area contributed by atoms with E-state index >= 15 is 0 Å². The maximum absolute atomic E-state index is 11.5. The van der Waals surface area contributed by atoms with Crippen LogP contribution in [0.4, 0.5) is 0 Å². The van der Waals surface area contributed by atoms with Gasteiger partial charge >= 0.3 is 0 Å². The van der Waals surface area contributed by atoms with Crippen LogP contribution in [0.3, 0.4) is 0 Å². The molecule has 1 saturated heterocycles. The van der Waals surface area contributed by atoms with Gasteiger partial charge in [0.25, 0.3) is 0 Å². The van der Waals surface area contributed by atoms with Crippen LogP contribution in [0.2, 0.25) is 0 Å². The second kappa shape index (κ2) is 11.6. The minimum absolute atomic E-state index is 0. The number of rotatable bonds is 8. The molecule has 0 amide bonds. The zero-order chi connectivity index (χ0) is 19.0. The number of aliphatic imine (C=N–C) groups is 1. The van der Waals surface area contributed by atoms with Crippen molar-refractivity contribution in [2.45, 2.75) is 32.2 Å². The lowest BCUT2D eigenvalue weighted by molar-refractivity contribution is 0.310. The summed E-state index contributed by atoms with van der Waals surface area (Å²) in [4.78, 5) is 4.17. The zero-order valence-corrected chi connectivity index (χ0v) is 19.3. The molecule has 1 aromatic carbocycles. The molecule has 1 heterocycles. The number of methoxy groups -OCH3 is 1. The fourth-order valence-electron chi connectivity index (χ4n) is 2.94. The first-order valence-corrected chi connectivity index (χ1v) is 10.8. The molecule has 154 valence electrons. The van der Waals surface area contributed by atoms with Crippen LogP contribution in [-0.4, -0.2) is 59.2 Å². The van der Waals surface area contributed by atoms with E-state index in [0.29, 0.717) is 19.0 Å². The van der Waals surface area contributed by atoms with Crippen LogP contribution in [-0.2, 0) is 16.3 Å². The lowest BCUT2D eigenvalue weighted by Gasteiger charge is -2.16. The molecule has 0 aliphatic carbocycles. The van der Waals surface area contributed by atoms with Crippen molar-refractivity contribution in [3.8, 4) is 11.5 Å².